The molecule has 0 bridgehead atoms. The van der Waals surface area contributed by atoms with Gasteiger partial charge in [0.05, 0.1) is 11.0 Å². The maximum absolute atomic E-state index is 4.70. The van der Waals surface area contributed by atoms with Gasteiger partial charge in [0.1, 0.15) is 11.4 Å². The molecule has 8 heteroatoms. The molecule has 0 spiro atoms. The van der Waals surface area contributed by atoms with Crippen LogP contribution >= 0.6 is 11.8 Å². The number of aromatic nitrogens is 6. The van der Waals surface area contributed by atoms with Gasteiger partial charge in [0.2, 0.25) is 5.78 Å². The molecule has 20 heavy (non-hydrogen) atoms. The second-order valence-electron chi connectivity index (χ2n) is 4.35. The van der Waals surface area contributed by atoms with Crippen LogP contribution in [-0.2, 0) is 5.75 Å². The van der Waals surface area contributed by atoms with E-state index in [1.807, 2.05) is 35.6 Å². The minimum Gasteiger partial charge on any atom is -0.254 e. The third-order valence-electron chi connectivity index (χ3n) is 3.09. The van der Waals surface area contributed by atoms with E-state index in [1.165, 1.54) is 0 Å². The Morgan fingerprint density at radius 1 is 1.30 bits per heavy atom. The van der Waals surface area contributed by atoms with Gasteiger partial charge >= 0.3 is 0 Å². The number of hydrogen-bond donors (Lipinski definition) is 1. The van der Waals surface area contributed by atoms with E-state index in [4.69, 9.17) is 4.63 Å². The Morgan fingerprint density at radius 3 is 3.05 bits per heavy atom. The lowest BCUT2D eigenvalue weighted by atomic mass is 10.3. The van der Waals surface area contributed by atoms with Gasteiger partial charge in [-0.2, -0.15) is 0 Å². The molecule has 0 saturated carbocycles. The topological polar surface area (TPSA) is 84.9 Å². The molecule has 100 valence electrons. The fourth-order valence-corrected chi connectivity index (χ4v) is 3.00. The zero-order chi connectivity index (χ0) is 13.5. The number of fused-ring (bicyclic) bond motifs is 3. The molecule has 0 atom stereocenters. The van der Waals surface area contributed by atoms with Crippen molar-refractivity contribution in [2.75, 3.05) is 0 Å². The van der Waals surface area contributed by atoms with Crippen LogP contribution in [-0.4, -0.2) is 29.9 Å². The largest absolute Gasteiger partial charge is 0.254 e. The minimum absolute atomic E-state index is 0.655. The number of thioether (sulfide) groups is 1. The summed E-state index contributed by atoms with van der Waals surface area (Å²) in [5.74, 6) is 1.39. The predicted octanol–water partition coefficient (Wildman–Crippen LogP) is 2.19. The first-order valence-electron chi connectivity index (χ1n) is 6.05. The van der Waals surface area contributed by atoms with Crippen LogP contribution in [0, 0.1) is 6.92 Å². The van der Waals surface area contributed by atoms with Crippen LogP contribution in [0.15, 0.2) is 34.1 Å². The first-order chi connectivity index (χ1) is 9.83. The van der Waals surface area contributed by atoms with Gasteiger partial charge in [-0.25, -0.2) is 14.7 Å². The molecule has 0 aliphatic heterocycles. The highest BCUT2D eigenvalue weighted by molar-refractivity contribution is 7.98. The molecule has 0 fully saturated rings. The van der Waals surface area contributed by atoms with Crippen molar-refractivity contribution in [1.29, 1.82) is 0 Å². The van der Waals surface area contributed by atoms with Crippen LogP contribution in [0.2, 0.25) is 0 Å². The van der Waals surface area contributed by atoms with E-state index in [0.29, 0.717) is 5.75 Å². The molecule has 1 N–H and O–H groups in total. The van der Waals surface area contributed by atoms with Crippen molar-refractivity contribution in [3.8, 4) is 0 Å². The normalized spacial score (nSPS) is 11.7. The molecular formula is C12H10N6OS. The number of hydrogen-bond acceptors (Lipinski definition) is 6. The fourth-order valence-electron chi connectivity index (χ4n) is 2.05. The average Bonchev–Trinajstić information content (AvgIpc) is 3.12. The van der Waals surface area contributed by atoms with Crippen LogP contribution in [0.3, 0.4) is 0 Å². The van der Waals surface area contributed by atoms with Crippen LogP contribution in [0.1, 0.15) is 11.4 Å². The number of aryl methyl sites for hydroxylation is 1. The second-order valence-corrected chi connectivity index (χ2v) is 5.29. The van der Waals surface area contributed by atoms with Gasteiger partial charge in [0, 0.05) is 5.75 Å². The van der Waals surface area contributed by atoms with Crippen LogP contribution in [0.5, 0.6) is 0 Å². The van der Waals surface area contributed by atoms with Crippen molar-refractivity contribution >= 4 is 28.6 Å². The molecule has 3 aromatic heterocycles. The summed E-state index contributed by atoms with van der Waals surface area (Å²) in [5.41, 5.74) is 3.62. The van der Waals surface area contributed by atoms with Crippen LogP contribution in [0.4, 0.5) is 0 Å². The van der Waals surface area contributed by atoms with Crippen molar-refractivity contribution in [2.45, 2.75) is 17.8 Å². The lowest BCUT2D eigenvalue weighted by Gasteiger charge is -1.97. The van der Waals surface area contributed by atoms with E-state index >= 15 is 0 Å². The van der Waals surface area contributed by atoms with E-state index < -0.39 is 0 Å². The maximum Gasteiger partial charge on any atom is 0.231 e. The summed E-state index contributed by atoms with van der Waals surface area (Å²) < 4.78 is 6.70. The molecule has 0 unspecified atom stereocenters. The summed E-state index contributed by atoms with van der Waals surface area (Å²) in [6, 6.07) is 7.97. The Balaban J connectivity index is 1.74. The van der Waals surface area contributed by atoms with Crippen molar-refractivity contribution in [3.05, 3.63) is 35.7 Å². The van der Waals surface area contributed by atoms with Crippen molar-refractivity contribution in [3.63, 3.8) is 0 Å². The zero-order valence-electron chi connectivity index (χ0n) is 10.6. The smallest absolute Gasteiger partial charge is 0.231 e. The molecule has 0 aliphatic carbocycles. The Kier molecular flexibility index (Phi) is 2.49. The minimum atomic E-state index is 0.655. The van der Waals surface area contributed by atoms with Crippen molar-refractivity contribution < 1.29 is 4.63 Å². The van der Waals surface area contributed by atoms with Gasteiger partial charge in [-0.3, -0.25) is 4.40 Å². The number of aromatic amines is 1. The third-order valence-corrected chi connectivity index (χ3v) is 4.04. The monoisotopic (exact) mass is 286 g/mol. The van der Waals surface area contributed by atoms with Gasteiger partial charge in [-0.1, -0.05) is 34.2 Å². The van der Waals surface area contributed by atoms with Crippen LogP contribution < -0.4 is 0 Å². The summed E-state index contributed by atoms with van der Waals surface area (Å²) in [6.45, 7) is 1.87. The number of H-pyrrole nitrogens is 1. The molecule has 0 radical (unpaired) electrons. The summed E-state index contributed by atoms with van der Waals surface area (Å²) in [4.78, 5) is 4.48. The average molecular weight is 286 g/mol. The Labute approximate surface area is 117 Å². The standard InChI is InChI=1S/C12H10N6OS/c1-7-9(17-19-16-7)6-20-12-15-14-11-13-8-4-2-3-5-10(8)18(11)12/h2-5H,6H2,1H3,(H,13,14). The highest BCUT2D eigenvalue weighted by Crippen LogP contribution is 2.25. The Bertz CT molecular complexity index is 892. The van der Waals surface area contributed by atoms with E-state index in [2.05, 4.69) is 25.5 Å². The summed E-state index contributed by atoms with van der Waals surface area (Å²) in [6.07, 6.45) is 0. The third kappa shape index (κ3) is 1.68. The van der Waals surface area contributed by atoms with Crippen LogP contribution in [0.25, 0.3) is 16.8 Å². The van der Waals surface area contributed by atoms with E-state index in [1.54, 1.807) is 11.8 Å². The zero-order valence-corrected chi connectivity index (χ0v) is 11.4. The maximum atomic E-state index is 4.70. The molecule has 0 saturated heterocycles. The van der Waals surface area contributed by atoms with Gasteiger partial charge in [0.15, 0.2) is 5.16 Å². The number of para-hydroxylation sites is 2. The molecule has 7 nitrogen and oxygen atoms in total. The predicted molar refractivity (Wildman–Crippen MR) is 73.4 cm³/mol. The lowest BCUT2D eigenvalue weighted by molar-refractivity contribution is 0.302. The number of imidazole rings is 1. The number of rotatable bonds is 3. The highest BCUT2D eigenvalue weighted by Gasteiger charge is 2.13. The van der Waals surface area contributed by atoms with Crippen molar-refractivity contribution in [1.82, 2.24) is 29.9 Å². The Morgan fingerprint density at radius 2 is 2.20 bits per heavy atom. The SMILES string of the molecule is Cc1nonc1CSc1n[nH]c2nc3ccccc3n12. The number of nitrogens with one attached hydrogen (secondary N) is 1. The lowest BCUT2D eigenvalue weighted by Crippen LogP contribution is -1.89. The van der Waals surface area contributed by atoms with E-state index in [-0.39, 0.29) is 0 Å². The number of nitrogens with zero attached hydrogens (tertiary/aromatic N) is 5. The van der Waals surface area contributed by atoms with Gasteiger partial charge < -0.3 is 0 Å². The van der Waals surface area contributed by atoms with E-state index in [0.717, 1.165) is 33.4 Å². The van der Waals surface area contributed by atoms with E-state index in [9.17, 15) is 0 Å². The van der Waals surface area contributed by atoms with Crippen molar-refractivity contribution in [2.24, 2.45) is 0 Å². The molecule has 1 aromatic carbocycles. The molecule has 4 aromatic rings. The first-order valence-corrected chi connectivity index (χ1v) is 7.04. The molecule has 0 amide bonds. The molecule has 0 aliphatic rings. The molecule has 3 heterocycles. The quantitative estimate of drug-likeness (QED) is 0.581. The van der Waals surface area contributed by atoms with Gasteiger partial charge in [-0.05, 0) is 19.1 Å². The first kappa shape index (κ1) is 11.5. The summed E-state index contributed by atoms with van der Waals surface area (Å²) in [7, 11) is 0. The molecule has 4 rings (SSSR count). The molecular weight excluding hydrogens is 276 g/mol. The fraction of sp³-hybridized carbons (Fsp3) is 0.167. The second kappa shape index (κ2) is 4.34. The Hall–Kier alpha value is -2.35. The number of benzene rings is 1. The van der Waals surface area contributed by atoms with Gasteiger partial charge in [-0.15, -0.1) is 5.10 Å². The summed E-state index contributed by atoms with van der Waals surface area (Å²) in [5, 5.41) is 15.7. The van der Waals surface area contributed by atoms with Gasteiger partial charge in [0.25, 0.3) is 0 Å². The highest BCUT2D eigenvalue weighted by atomic mass is 32.2. The summed E-state index contributed by atoms with van der Waals surface area (Å²) >= 11 is 1.57.